The Labute approximate surface area is 102 Å². The molecule has 17 heavy (non-hydrogen) atoms. The van der Waals surface area contributed by atoms with Crippen LogP contribution in [-0.4, -0.2) is 21.9 Å². The highest BCUT2D eigenvalue weighted by Crippen LogP contribution is 2.17. The Morgan fingerprint density at radius 1 is 1.24 bits per heavy atom. The molecular weight excluding hydrogens is 214 g/mol. The average molecular weight is 233 g/mol. The normalized spacial score (nSPS) is 17.5. The molecule has 1 aliphatic carbocycles. The van der Waals surface area contributed by atoms with E-state index in [2.05, 4.69) is 15.3 Å². The molecule has 4 heteroatoms. The van der Waals surface area contributed by atoms with Crippen LogP contribution in [0.25, 0.3) is 0 Å². The lowest BCUT2D eigenvalue weighted by atomic mass is 10.1. The summed E-state index contributed by atoms with van der Waals surface area (Å²) in [7, 11) is 0. The van der Waals surface area contributed by atoms with E-state index in [1.807, 2.05) is 6.92 Å². The van der Waals surface area contributed by atoms with Gasteiger partial charge in [-0.2, -0.15) is 0 Å². The van der Waals surface area contributed by atoms with Crippen molar-refractivity contribution in [1.29, 1.82) is 0 Å². The van der Waals surface area contributed by atoms with Crippen molar-refractivity contribution in [2.24, 2.45) is 0 Å². The molecule has 2 rings (SSSR count). The summed E-state index contributed by atoms with van der Waals surface area (Å²) in [6.07, 6.45) is 8.64. The monoisotopic (exact) mass is 233 g/mol. The summed E-state index contributed by atoms with van der Waals surface area (Å²) >= 11 is 0. The van der Waals surface area contributed by atoms with Crippen molar-refractivity contribution >= 4 is 5.91 Å². The van der Waals surface area contributed by atoms with Crippen molar-refractivity contribution in [2.45, 2.75) is 51.5 Å². The Hall–Kier alpha value is -1.45. The number of aromatic nitrogens is 2. The number of amides is 1. The fourth-order valence-corrected chi connectivity index (χ4v) is 2.26. The van der Waals surface area contributed by atoms with Gasteiger partial charge in [-0.3, -0.25) is 4.79 Å². The lowest BCUT2D eigenvalue weighted by Crippen LogP contribution is -2.34. The molecular formula is C13H19N3O. The minimum Gasteiger partial charge on any atom is -0.348 e. The molecule has 0 radical (unpaired) electrons. The van der Waals surface area contributed by atoms with Gasteiger partial charge < -0.3 is 5.32 Å². The highest BCUT2D eigenvalue weighted by Gasteiger charge is 2.16. The molecule has 0 atom stereocenters. The highest BCUT2D eigenvalue weighted by molar-refractivity contribution is 5.92. The van der Waals surface area contributed by atoms with E-state index in [0.29, 0.717) is 11.7 Å². The molecule has 1 aromatic rings. The maximum atomic E-state index is 12.0. The summed E-state index contributed by atoms with van der Waals surface area (Å²) in [5.74, 6) is -0.0672. The van der Waals surface area contributed by atoms with Crippen LogP contribution in [0.2, 0.25) is 0 Å². The second kappa shape index (κ2) is 5.75. The van der Waals surface area contributed by atoms with Crippen LogP contribution in [-0.2, 0) is 0 Å². The van der Waals surface area contributed by atoms with Crippen LogP contribution in [0.3, 0.4) is 0 Å². The lowest BCUT2D eigenvalue weighted by molar-refractivity contribution is 0.0928. The molecule has 0 saturated heterocycles. The van der Waals surface area contributed by atoms with E-state index in [4.69, 9.17) is 0 Å². The zero-order valence-corrected chi connectivity index (χ0v) is 10.3. The second-order valence-electron chi connectivity index (χ2n) is 4.71. The predicted octanol–water partition coefficient (Wildman–Crippen LogP) is 2.24. The number of carbonyl (C=O) groups is 1. The molecule has 1 fully saturated rings. The van der Waals surface area contributed by atoms with Gasteiger partial charge in [-0.05, 0) is 25.8 Å². The molecule has 4 nitrogen and oxygen atoms in total. The predicted molar refractivity (Wildman–Crippen MR) is 65.7 cm³/mol. The number of nitrogens with zero attached hydrogens (tertiary/aromatic N) is 2. The fourth-order valence-electron chi connectivity index (χ4n) is 2.26. The first kappa shape index (κ1) is 12.0. The van der Waals surface area contributed by atoms with E-state index in [9.17, 15) is 4.79 Å². The summed E-state index contributed by atoms with van der Waals surface area (Å²) in [5, 5.41) is 3.07. The Balaban J connectivity index is 1.96. The van der Waals surface area contributed by atoms with Gasteiger partial charge in [-0.25, -0.2) is 9.97 Å². The first-order chi connectivity index (χ1) is 8.25. The summed E-state index contributed by atoms with van der Waals surface area (Å²) in [6, 6.07) is 2.05. The van der Waals surface area contributed by atoms with Gasteiger partial charge in [0.25, 0.3) is 5.91 Å². The summed E-state index contributed by atoms with van der Waals surface area (Å²) < 4.78 is 0. The van der Waals surface area contributed by atoms with Gasteiger partial charge in [0.1, 0.15) is 12.0 Å². The van der Waals surface area contributed by atoms with Gasteiger partial charge in [0.15, 0.2) is 0 Å². The topological polar surface area (TPSA) is 54.9 Å². The van der Waals surface area contributed by atoms with E-state index < -0.39 is 0 Å². The molecule has 1 aliphatic rings. The molecule has 1 N–H and O–H groups in total. The summed E-state index contributed by atoms with van der Waals surface area (Å²) in [6.45, 7) is 1.87. The molecule has 0 unspecified atom stereocenters. The van der Waals surface area contributed by atoms with Gasteiger partial charge in [0, 0.05) is 11.7 Å². The van der Waals surface area contributed by atoms with Gasteiger partial charge in [0.05, 0.1) is 0 Å². The smallest absolute Gasteiger partial charge is 0.270 e. The number of nitrogens with one attached hydrogen (secondary N) is 1. The SMILES string of the molecule is Cc1cc(C(=O)NC2CCCCCC2)ncn1. The van der Waals surface area contributed by atoms with E-state index in [1.165, 1.54) is 32.0 Å². The van der Waals surface area contributed by atoms with Crippen molar-refractivity contribution < 1.29 is 4.79 Å². The third-order valence-corrected chi connectivity index (χ3v) is 3.23. The fraction of sp³-hybridized carbons (Fsp3) is 0.615. The van der Waals surface area contributed by atoms with Crippen LogP contribution in [0.5, 0.6) is 0 Å². The van der Waals surface area contributed by atoms with E-state index in [1.54, 1.807) is 6.07 Å². The maximum absolute atomic E-state index is 12.0. The van der Waals surface area contributed by atoms with E-state index in [-0.39, 0.29) is 5.91 Å². The molecule has 1 aromatic heterocycles. The zero-order chi connectivity index (χ0) is 12.1. The zero-order valence-electron chi connectivity index (χ0n) is 10.3. The quantitative estimate of drug-likeness (QED) is 0.797. The summed E-state index contributed by atoms with van der Waals surface area (Å²) in [5.41, 5.74) is 1.30. The van der Waals surface area contributed by atoms with Crippen molar-refractivity contribution in [3.05, 3.63) is 23.8 Å². The third kappa shape index (κ3) is 3.51. The lowest BCUT2D eigenvalue weighted by Gasteiger charge is -2.15. The van der Waals surface area contributed by atoms with Crippen LogP contribution in [0.4, 0.5) is 0 Å². The van der Waals surface area contributed by atoms with E-state index >= 15 is 0 Å². The van der Waals surface area contributed by atoms with Crippen LogP contribution < -0.4 is 5.32 Å². The Morgan fingerprint density at radius 3 is 2.59 bits per heavy atom. The largest absolute Gasteiger partial charge is 0.348 e. The number of aryl methyl sites for hydroxylation is 1. The van der Waals surface area contributed by atoms with Crippen molar-refractivity contribution in [3.8, 4) is 0 Å². The molecule has 1 heterocycles. The molecule has 0 aromatic carbocycles. The molecule has 1 saturated carbocycles. The minimum absolute atomic E-state index is 0.0672. The minimum atomic E-state index is -0.0672. The Kier molecular flexibility index (Phi) is 4.07. The summed E-state index contributed by atoms with van der Waals surface area (Å²) in [4.78, 5) is 20.0. The van der Waals surface area contributed by atoms with Crippen molar-refractivity contribution in [2.75, 3.05) is 0 Å². The van der Waals surface area contributed by atoms with Crippen LogP contribution >= 0.6 is 0 Å². The van der Waals surface area contributed by atoms with Crippen LogP contribution in [0, 0.1) is 6.92 Å². The van der Waals surface area contributed by atoms with Gasteiger partial charge >= 0.3 is 0 Å². The number of carbonyl (C=O) groups excluding carboxylic acids is 1. The van der Waals surface area contributed by atoms with Crippen LogP contribution in [0.15, 0.2) is 12.4 Å². The number of rotatable bonds is 2. The highest BCUT2D eigenvalue weighted by atomic mass is 16.1. The van der Waals surface area contributed by atoms with Crippen LogP contribution in [0.1, 0.15) is 54.7 Å². The third-order valence-electron chi connectivity index (χ3n) is 3.23. The van der Waals surface area contributed by atoms with Crippen molar-refractivity contribution in [3.63, 3.8) is 0 Å². The Bertz CT molecular complexity index is 384. The molecule has 0 spiro atoms. The van der Waals surface area contributed by atoms with Gasteiger partial charge in [-0.15, -0.1) is 0 Å². The first-order valence-electron chi connectivity index (χ1n) is 6.35. The second-order valence-corrected chi connectivity index (χ2v) is 4.71. The van der Waals surface area contributed by atoms with Gasteiger partial charge in [0.2, 0.25) is 0 Å². The van der Waals surface area contributed by atoms with Gasteiger partial charge in [-0.1, -0.05) is 25.7 Å². The van der Waals surface area contributed by atoms with Crippen molar-refractivity contribution in [1.82, 2.24) is 15.3 Å². The maximum Gasteiger partial charge on any atom is 0.270 e. The molecule has 1 amide bonds. The molecule has 0 aliphatic heterocycles. The standard InChI is InChI=1S/C13H19N3O/c1-10-8-12(15-9-14-10)13(17)16-11-6-4-2-3-5-7-11/h8-9,11H,2-7H2,1H3,(H,16,17). The molecule has 92 valence electrons. The molecule has 0 bridgehead atoms. The Morgan fingerprint density at radius 2 is 1.94 bits per heavy atom. The average Bonchev–Trinajstić information content (AvgIpc) is 2.57. The first-order valence-corrected chi connectivity index (χ1v) is 6.35. The van der Waals surface area contributed by atoms with E-state index in [0.717, 1.165) is 18.5 Å². The number of hydrogen-bond donors (Lipinski definition) is 1. The number of hydrogen-bond acceptors (Lipinski definition) is 3.